The molecule has 1 aromatic heterocycles. The number of hydrogen-bond acceptors (Lipinski definition) is 4. The molecule has 26 heavy (non-hydrogen) atoms. The van der Waals surface area contributed by atoms with Crippen molar-refractivity contribution in [2.75, 3.05) is 25.1 Å². The Labute approximate surface area is 163 Å². The Bertz CT molecular complexity index is 702. The minimum Gasteiger partial charge on any atom is -0.323 e. The predicted molar refractivity (Wildman–Crippen MR) is 104 cm³/mol. The average Bonchev–Trinajstić information content (AvgIpc) is 2.61. The molecule has 142 valence electrons. The smallest absolute Gasteiger partial charge is 0.232 e. The standard InChI is InChI=1S/C19H27BrN4O2/c1-18(2)17(26)24(19(18,3)4)12-23-9-5-6-13(11-23)16(25)22-15-8-7-14(20)10-21-15/h7-8,10,13H,5-6,9,11-12H2,1-4H3,(H,21,22,25)/t13-/m1/s1. The molecule has 0 aliphatic carbocycles. The van der Waals surface area contributed by atoms with Gasteiger partial charge in [-0.3, -0.25) is 14.5 Å². The molecule has 3 rings (SSSR count). The number of anilines is 1. The molecule has 0 spiro atoms. The minimum atomic E-state index is -0.327. The van der Waals surface area contributed by atoms with Crippen LogP contribution in [-0.4, -0.2) is 51.9 Å². The highest BCUT2D eigenvalue weighted by atomic mass is 79.9. The molecule has 0 radical (unpaired) electrons. The van der Waals surface area contributed by atoms with Crippen LogP contribution in [0.3, 0.4) is 0 Å². The lowest BCUT2D eigenvalue weighted by Crippen LogP contribution is -2.74. The van der Waals surface area contributed by atoms with Crippen LogP contribution in [0.1, 0.15) is 40.5 Å². The number of piperidine rings is 1. The number of likely N-dealkylation sites (tertiary alicyclic amines) is 2. The normalized spacial score (nSPS) is 24.9. The molecule has 2 aliphatic rings. The molecular weight excluding hydrogens is 396 g/mol. The molecule has 0 saturated carbocycles. The predicted octanol–water partition coefficient (Wildman–Crippen LogP) is 3.10. The quantitative estimate of drug-likeness (QED) is 0.756. The van der Waals surface area contributed by atoms with E-state index in [0.29, 0.717) is 19.0 Å². The van der Waals surface area contributed by atoms with E-state index in [1.165, 1.54) is 0 Å². The van der Waals surface area contributed by atoms with Gasteiger partial charge in [0, 0.05) is 17.2 Å². The van der Waals surface area contributed by atoms with E-state index in [9.17, 15) is 9.59 Å². The van der Waals surface area contributed by atoms with E-state index >= 15 is 0 Å². The third-order valence-electron chi connectivity index (χ3n) is 6.18. The second-order valence-corrected chi connectivity index (χ2v) is 9.24. The fourth-order valence-corrected chi connectivity index (χ4v) is 3.89. The summed E-state index contributed by atoms with van der Waals surface area (Å²) in [5, 5.41) is 2.90. The molecule has 1 N–H and O–H groups in total. The van der Waals surface area contributed by atoms with E-state index < -0.39 is 0 Å². The summed E-state index contributed by atoms with van der Waals surface area (Å²) in [5.74, 6) is 0.671. The molecule has 0 aromatic carbocycles. The lowest BCUT2D eigenvalue weighted by molar-refractivity contribution is -0.189. The van der Waals surface area contributed by atoms with Crippen molar-refractivity contribution in [2.45, 2.75) is 46.1 Å². The Morgan fingerprint density at radius 1 is 1.35 bits per heavy atom. The van der Waals surface area contributed by atoms with E-state index in [0.717, 1.165) is 23.9 Å². The van der Waals surface area contributed by atoms with Gasteiger partial charge in [0.05, 0.1) is 23.5 Å². The number of aromatic nitrogens is 1. The maximum atomic E-state index is 12.6. The van der Waals surface area contributed by atoms with Crippen LogP contribution in [0.4, 0.5) is 5.82 Å². The number of halogens is 1. The van der Waals surface area contributed by atoms with Gasteiger partial charge in [0.1, 0.15) is 5.82 Å². The number of carbonyl (C=O) groups is 2. The van der Waals surface area contributed by atoms with Crippen LogP contribution < -0.4 is 5.32 Å². The SMILES string of the molecule is CC1(C)C(=O)N(CN2CCC[C@@H](C(=O)Nc3ccc(Br)cn3)C2)C1(C)C. The van der Waals surface area contributed by atoms with Crippen LogP contribution in [0.2, 0.25) is 0 Å². The Morgan fingerprint density at radius 2 is 2.08 bits per heavy atom. The van der Waals surface area contributed by atoms with E-state index in [4.69, 9.17) is 0 Å². The summed E-state index contributed by atoms with van der Waals surface area (Å²) >= 11 is 3.34. The van der Waals surface area contributed by atoms with Gasteiger partial charge in [0.2, 0.25) is 11.8 Å². The summed E-state index contributed by atoms with van der Waals surface area (Å²) in [6.45, 7) is 10.4. The maximum absolute atomic E-state index is 12.6. The first kappa shape index (κ1) is 19.3. The zero-order valence-corrected chi connectivity index (χ0v) is 17.5. The third-order valence-corrected chi connectivity index (χ3v) is 6.65. The highest BCUT2D eigenvalue weighted by Crippen LogP contribution is 2.47. The summed E-state index contributed by atoms with van der Waals surface area (Å²) in [5.41, 5.74) is -0.493. The number of rotatable bonds is 4. The first-order valence-corrected chi connectivity index (χ1v) is 9.89. The number of β-lactam (4-membered cyclic amide) rings is 1. The topological polar surface area (TPSA) is 65.5 Å². The summed E-state index contributed by atoms with van der Waals surface area (Å²) in [4.78, 5) is 33.4. The van der Waals surface area contributed by atoms with Gasteiger partial charge in [-0.15, -0.1) is 0 Å². The molecule has 1 atom stereocenters. The van der Waals surface area contributed by atoms with Gasteiger partial charge < -0.3 is 10.2 Å². The summed E-state index contributed by atoms with van der Waals surface area (Å²) in [7, 11) is 0. The first-order chi connectivity index (χ1) is 12.1. The summed E-state index contributed by atoms with van der Waals surface area (Å²) in [6, 6.07) is 3.64. The van der Waals surface area contributed by atoms with Gasteiger partial charge in [-0.2, -0.15) is 0 Å². The number of nitrogens with one attached hydrogen (secondary N) is 1. The van der Waals surface area contributed by atoms with E-state index in [-0.39, 0.29) is 28.7 Å². The van der Waals surface area contributed by atoms with Crippen LogP contribution in [0.15, 0.2) is 22.8 Å². The monoisotopic (exact) mass is 422 g/mol. The fraction of sp³-hybridized carbons (Fsp3) is 0.632. The van der Waals surface area contributed by atoms with Gasteiger partial charge in [-0.25, -0.2) is 4.98 Å². The van der Waals surface area contributed by atoms with Crippen LogP contribution in [0.25, 0.3) is 0 Å². The highest BCUT2D eigenvalue weighted by molar-refractivity contribution is 9.10. The lowest BCUT2D eigenvalue weighted by atomic mass is 9.64. The van der Waals surface area contributed by atoms with Crippen molar-refractivity contribution in [1.82, 2.24) is 14.8 Å². The molecule has 1 aromatic rings. The minimum absolute atomic E-state index is 0.000881. The average molecular weight is 423 g/mol. The molecule has 2 amide bonds. The largest absolute Gasteiger partial charge is 0.323 e. The molecule has 2 fully saturated rings. The first-order valence-electron chi connectivity index (χ1n) is 9.10. The second kappa shape index (κ2) is 6.93. The van der Waals surface area contributed by atoms with Gasteiger partial charge in [0.25, 0.3) is 0 Å². The number of amides is 2. The molecule has 2 aliphatic heterocycles. The van der Waals surface area contributed by atoms with Crippen molar-refractivity contribution in [3.63, 3.8) is 0 Å². The van der Waals surface area contributed by atoms with Crippen LogP contribution >= 0.6 is 15.9 Å². The Balaban J connectivity index is 1.58. The van der Waals surface area contributed by atoms with Crippen molar-refractivity contribution < 1.29 is 9.59 Å². The van der Waals surface area contributed by atoms with E-state index in [2.05, 4.69) is 45.0 Å². The van der Waals surface area contributed by atoms with Gasteiger partial charge >= 0.3 is 0 Å². The number of pyridine rings is 1. The van der Waals surface area contributed by atoms with Gasteiger partial charge in [-0.1, -0.05) is 0 Å². The van der Waals surface area contributed by atoms with Crippen molar-refractivity contribution in [3.05, 3.63) is 22.8 Å². The molecule has 0 unspecified atom stereocenters. The zero-order valence-electron chi connectivity index (χ0n) is 15.9. The lowest BCUT2D eigenvalue weighted by Gasteiger charge is -2.61. The molecule has 3 heterocycles. The van der Waals surface area contributed by atoms with Gasteiger partial charge in [-0.05, 0) is 75.1 Å². The molecule has 2 saturated heterocycles. The van der Waals surface area contributed by atoms with Crippen molar-refractivity contribution >= 4 is 33.6 Å². The highest BCUT2D eigenvalue weighted by Gasteiger charge is 2.60. The Hall–Kier alpha value is -1.47. The van der Waals surface area contributed by atoms with Crippen LogP contribution in [0.5, 0.6) is 0 Å². The number of nitrogens with zero attached hydrogens (tertiary/aromatic N) is 3. The molecule has 7 heteroatoms. The van der Waals surface area contributed by atoms with E-state index in [1.54, 1.807) is 12.3 Å². The van der Waals surface area contributed by atoms with Crippen molar-refractivity contribution in [1.29, 1.82) is 0 Å². The van der Waals surface area contributed by atoms with Crippen molar-refractivity contribution in [2.24, 2.45) is 11.3 Å². The van der Waals surface area contributed by atoms with Crippen LogP contribution in [-0.2, 0) is 9.59 Å². The second-order valence-electron chi connectivity index (χ2n) is 8.33. The molecule has 6 nitrogen and oxygen atoms in total. The fourth-order valence-electron chi connectivity index (χ4n) is 3.65. The third kappa shape index (κ3) is 3.39. The number of carbonyl (C=O) groups excluding carboxylic acids is 2. The Morgan fingerprint density at radius 3 is 2.69 bits per heavy atom. The van der Waals surface area contributed by atoms with Gasteiger partial charge in [0.15, 0.2) is 0 Å². The molecular formula is C19H27BrN4O2. The number of hydrogen-bond donors (Lipinski definition) is 1. The van der Waals surface area contributed by atoms with E-state index in [1.807, 2.05) is 24.8 Å². The summed E-state index contributed by atoms with van der Waals surface area (Å²) in [6.07, 6.45) is 3.49. The molecule has 0 bridgehead atoms. The summed E-state index contributed by atoms with van der Waals surface area (Å²) < 4.78 is 0.879. The zero-order chi connectivity index (χ0) is 19.1. The van der Waals surface area contributed by atoms with Crippen LogP contribution in [0, 0.1) is 11.3 Å². The Kier molecular flexibility index (Phi) is 5.14. The maximum Gasteiger partial charge on any atom is 0.232 e. The van der Waals surface area contributed by atoms with Crippen molar-refractivity contribution in [3.8, 4) is 0 Å².